The number of carbonyl (C=O) groups excluding carboxylic acids is 1. The average molecular weight is 236 g/mol. The number of ether oxygens (including phenoxy) is 1. The van der Waals surface area contributed by atoms with Crippen LogP contribution in [-0.4, -0.2) is 25.6 Å². The van der Waals surface area contributed by atoms with Crippen LogP contribution in [0, 0.1) is 6.92 Å². The second-order valence-corrected chi connectivity index (χ2v) is 4.26. The summed E-state index contributed by atoms with van der Waals surface area (Å²) < 4.78 is 5.12. The standard InChI is InChI=1S/C13H20N2O2/c1-9(2)15-13(16)8-14-12-6-5-11(17-4)7-10(12)3/h5-7,9,14H,8H2,1-4H3,(H,15,16). The molecule has 1 rings (SSSR count). The highest BCUT2D eigenvalue weighted by Gasteiger charge is 2.04. The van der Waals surface area contributed by atoms with Gasteiger partial charge in [-0.1, -0.05) is 0 Å². The summed E-state index contributed by atoms with van der Waals surface area (Å²) >= 11 is 0. The van der Waals surface area contributed by atoms with Gasteiger partial charge in [-0.25, -0.2) is 0 Å². The van der Waals surface area contributed by atoms with Gasteiger partial charge in [-0.3, -0.25) is 4.79 Å². The molecule has 0 aliphatic rings. The van der Waals surface area contributed by atoms with Crippen LogP contribution in [-0.2, 0) is 4.79 Å². The van der Waals surface area contributed by atoms with E-state index in [2.05, 4.69) is 10.6 Å². The molecule has 0 aromatic heterocycles. The van der Waals surface area contributed by atoms with Crippen molar-refractivity contribution in [3.63, 3.8) is 0 Å². The SMILES string of the molecule is COc1ccc(NCC(=O)NC(C)C)c(C)c1. The van der Waals surface area contributed by atoms with Crippen molar-refractivity contribution in [3.8, 4) is 5.75 Å². The smallest absolute Gasteiger partial charge is 0.239 e. The number of hydrogen-bond acceptors (Lipinski definition) is 3. The van der Waals surface area contributed by atoms with E-state index >= 15 is 0 Å². The summed E-state index contributed by atoms with van der Waals surface area (Å²) in [6.45, 7) is 6.14. The maximum atomic E-state index is 11.5. The number of nitrogens with one attached hydrogen (secondary N) is 2. The van der Waals surface area contributed by atoms with Crippen molar-refractivity contribution in [1.29, 1.82) is 0 Å². The van der Waals surface area contributed by atoms with Crippen LogP contribution in [0.3, 0.4) is 0 Å². The van der Waals surface area contributed by atoms with Crippen molar-refractivity contribution in [2.24, 2.45) is 0 Å². The zero-order valence-electron chi connectivity index (χ0n) is 10.8. The van der Waals surface area contributed by atoms with Crippen molar-refractivity contribution in [2.75, 3.05) is 19.0 Å². The van der Waals surface area contributed by atoms with Crippen molar-refractivity contribution in [1.82, 2.24) is 5.32 Å². The lowest BCUT2D eigenvalue weighted by Gasteiger charge is -2.12. The minimum absolute atomic E-state index is 0.00443. The van der Waals surface area contributed by atoms with Crippen LogP contribution in [0.15, 0.2) is 18.2 Å². The van der Waals surface area contributed by atoms with Crippen LogP contribution in [0.2, 0.25) is 0 Å². The highest BCUT2D eigenvalue weighted by Crippen LogP contribution is 2.20. The summed E-state index contributed by atoms with van der Waals surface area (Å²) in [6, 6.07) is 5.89. The van der Waals surface area contributed by atoms with Crippen molar-refractivity contribution in [2.45, 2.75) is 26.8 Å². The van der Waals surface area contributed by atoms with E-state index in [4.69, 9.17) is 4.74 Å². The topological polar surface area (TPSA) is 50.4 Å². The molecule has 2 N–H and O–H groups in total. The fourth-order valence-electron chi connectivity index (χ4n) is 1.51. The van der Waals surface area contributed by atoms with E-state index in [9.17, 15) is 4.79 Å². The highest BCUT2D eigenvalue weighted by molar-refractivity contribution is 5.81. The number of carbonyl (C=O) groups is 1. The quantitative estimate of drug-likeness (QED) is 0.821. The van der Waals surface area contributed by atoms with Gasteiger partial charge in [0.2, 0.25) is 5.91 Å². The van der Waals surface area contributed by atoms with Gasteiger partial charge in [0.15, 0.2) is 0 Å². The molecule has 0 saturated carbocycles. The van der Waals surface area contributed by atoms with Gasteiger partial charge >= 0.3 is 0 Å². The first-order chi connectivity index (χ1) is 8.02. The van der Waals surface area contributed by atoms with E-state index in [1.807, 2.05) is 39.0 Å². The number of rotatable bonds is 5. The maximum absolute atomic E-state index is 11.5. The van der Waals surface area contributed by atoms with Gasteiger partial charge in [0, 0.05) is 11.7 Å². The third kappa shape index (κ3) is 4.34. The van der Waals surface area contributed by atoms with E-state index in [1.54, 1.807) is 7.11 Å². The molecule has 0 atom stereocenters. The summed E-state index contributed by atoms with van der Waals surface area (Å²) in [5.41, 5.74) is 2.01. The predicted octanol–water partition coefficient (Wildman–Crippen LogP) is 1.94. The van der Waals surface area contributed by atoms with E-state index in [0.29, 0.717) is 0 Å². The lowest BCUT2D eigenvalue weighted by Crippen LogP contribution is -2.34. The Morgan fingerprint density at radius 1 is 1.41 bits per heavy atom. The van der Waals surface area contributed by atoms with Crippen molar-refractivity contribution < 1.29 is 9.53 Å². The number of aryl methyl sites for hydroxylation is 1. The third-order valence-electron chi connectivity index (χ3n) is 2.32. The first kappa shape index (κ1) is 13.4. The molecule has 0 radical (unpaired) electrons. The van der Waals surface area contributed by atoms with Crippen LogP contribution in [0.25, 0.3) is 0 Å². The Morgan fingerprint density at radius 2 is 2.12 bits per heavy atom. The fraction of sp³-hybridized carbons (Fsp3) is 0.462. The van der Waals surface area contributed by atoms with E-state index < -0.39 is 0 Å². The molecule has 4 heteroatoms. The summed E-state index contributed by atoms with van der Waals surface area (Å²) in [5.74, 6) is 0.815. The van der Waals surface area contributed by atoms with E-state index in [-0.39, 0.29) is 18.5 Å². The predicted molar refractivity (Wildman–Crippen MR) is 69.5 cm³/mol. The van der Waals surface area contributed by atoms with E-state index in [1.165, 1.54) is 0 Å². The molecule has 1 aromatic rings. The Labute approximate surface area is 102 Å². The van der Waals surface area contributed by atoms with Gasteiger partial charge in [-0.05, 0) is 44.5 Å². The monoisotopic (exact) mass is 236 g/mol. The molecule has 4 nitrogen and oxygen atoms in total. The minimum Gasteiger partial charge on any atom is -0.497 e. The summed E-state index contributed by atoms with van der Waals surface area (Å²) in [7, 11) is 1.64. The Bertz CT molecular complexity index is 389. The third-order valence-corrected chi connectivity index (χ3v) is 2.32. The average Bonchev–Trinajstić information content (AvgIpc) is 2.26. The molecule has 0 fully saturated rings. The lowest BCUT2D eigenvalue weighted by molar-refractivity contribution is -0.119. The molecule has 0 aliphatic carbocycles. The van der Waals surface area contributed by atoms with Gasteiger partial charge in [-0.2, -0.15) is 0 Å². The molecule has 0 unspecified atom stereocenters. The zero-order chi connectivity index (χ0) is 12.8. The number of anilines is 1. The Kier molecular flexibility index (Phi) is 4.82. The van der Waals surface area contributed by atoms with Crippen LogP contribution >= 0.6 is 0 Å². The molecule has 1 aromatic carbocycles. The first-order valence-electron chi connectivity index (χ1n) is 5.71. The van der Waals surface area contributed by atoms with Gasteiger partial charge in [0.05, 0.1) is 13.7 Å². The van der Waals surface area contributed by atoms with Crippen molar-refractivity contribution >= 4 is 11.6 Å². The molecular weight excluding hydrogens is 216 g/mol. The Morgan fingerprint density at radius 3 is 2.65 bits per heavy atom. The molecule has 17 heavy (non-hydrogen) atoms. The highest BCUT2D eigenvalue weighted by atomic mass is 16.5. The summed E-state index contributed by atoms with van der Waals surface area (Å²) in [4.78, 5) is 11.5. The number of benzene rings is 1. The van der Waals surface area contributed by atoms with Crippen LogP contribution < -0.4 is 15.4 Å². The van der Waals surface area contributed by atoms with E-state index in [0.717, 1.165) is 17.0 Å². The molecule has 0 saturated heterocycles. The molecule has 0 heterocycles. The van der Waals surface area contributed by atoms with Gasteiger partial charge in [0.1, 0.15) is 5.75 Å². The molecule has 0 bridgehead atoms. The van der Waals surface area contributed by atoms with Gasteiger partial charge < -0.3 is 15.4 Å². The Hall–Kier alpha value is -1.71. The zero-order valence-corrected chi connectivity index (χ0v) is 10.8. The molecular formula is C13H20N2O2. The lowest BCUT2D eigenvalue weighted by atomic mass is 10.2. The summed E-state index contributed by atoms with van der Waals surface area (Å²) in [5, 5.41) is 5.93. The number of methoxy groups -OCH3 is 1. The normalized spacial score (nSPS) is 10.2. The largest absolute Gasteiger partial charge is 0.497 e. The van der Waals surface area contributed by atoms with Crippen molar-refractivity contribution in [3.05, 3.63) is 23.8 Å². The second-order valence-electron chi connectivity index (χ2n) is 4.26. The Balaban J connectivity index is 2.55. The summed E-state index contributed by atoms with van der Waals surface area (Å²) in [6.07, 6.45) is 0. The fourth-order valence-corrected chi connectivity index (χ4v) is 1.51. The number of amides is 1. The first-order valence-corrected chi connectivity index (χ1v) is 5.71. The molecule has 1 amide bonds. The molecule has 0 spiro atoms. The number of hydrogen-bond donors (Lipinski definition) is 2. The van der Waals surface area contributed by atoms with Crippen LogP contribution in [0.1, 0.15) is 19.4 Å². The van der Waals surface area contributed by atoms with Gasteiger partial charge in [0.25, 0.3) is 0 Å². The maximum Gasteiger partial charge on any atom is 0.239 e. The molecule has 94 valence electrons. The minimum atomic E-state index is -0.00443. The van der Waals surface area contributed by atoms with Crippen LogP contribution in [0.4, 0.5) is 5.69 Å². The second kappa shape index (κ2) is 6.13. The molecule has 0 aliphatic heterocycles. The van der Waals surface area contributed by atoms with Gasteiger partial charge in [-0.15, -0.1) is 0 Å². The van der Waals surface area contributed by atoms with Crippen LogP contribution in [0.5, 0.6) is 5.75 Å².